The van der Waals surface area contributed by atoms with Crippen molar-refractivity contribution in [1.29, 1.82) is 0 Å². The highest BCUT2D eigenvalue weighted by Crippen LogP contribution is 2.58. The summed E-state index contributed by atoms with van der Waals surface area (Å²) in [6.07, 6.45) is 12.2. The molecular formula is C31H48N2O7. The maximum Gasteiger partial charge on any atom is 0.407 e. The molecule has 2 N–H and O–H groups in total. The summed E-state index contributed by atoms with van der Waals surface area (Å²) in [7, 11) is 2.92. The van der Waals surface area contributed by atoms with Crippen LogP contribution in [0.2, 0.25) is 0 Å². The number of carbonyl (C=O) groups excluding carboxylic acids is 3. The van der Waals surface area contributed by atoms with Crippen LogP contribution in [-0.4, -0.2) is 68.7 Å². The first-order valence-electron chi connectivity index (χ1n) is 14.6. The van der Waals surface area contributed by atoms with Crippen molar-refractivity contribution in [1.82, 2.24) is 10.6 Å². The first-order chi connectivity index (χ1) is 19.0. The van der Waals surface area contributed by atoms with E-state index in [1.165, 1.54) is 7.11 Å². The summed E-state index contributed by atoms with van der Waals surface area (Å²) in [6.45, 7) is 10.3. The number of rotatable bonds is 10. The Kier molecular flexibility index (Phi) is 11.4. The van der Waals surface area contributed by atoms with E-state index in [0.717, 1.165) is 31.3 Å². The van der Waals surface area contributed by atoms with E-state index in [1.807, 2.05) is 45.9 Å². The van der Waals surface area contributed by atoms with Crippen LogP contribution in [-0.2, 0) is 28.5 Å². The number of allylic oxidation sites excluding steroid dienone is 3. The Morgan fingerprint density at radius 1 is 1.12 bits per heavy atom. The molecule has 1 spiro atoms. The summed E-state index contributed by atoms with van der Waals surface area (Å²) in [5.74, 6) is 0.221. The first kappa shape index (κ1) is 31.9. The van der Waals surface area contributed by atoms with E-state index in [0.29, 0.717) is 12.3 Å². The Morgan fingerprint density at radius 3 is 2.48 bits per heavy atom. The molecule has 3 aliphatic rings. The van der Waals surface area contributed by atoms with E-state index in [-0.39, 0.29) is 54.0 Å². The molecule has 2 amide bonds. The van der Waals surface area contributed by atoms with Crippen LogP contribution in [0.5, 0.6) is 0 Å². The summed E-state index contributed by atoms with van der Waals surface area (Å²) in [5, 5.41) is 5.63. The molecule has 0 radical (unpaired) electrons. The van der Waals surface area contributed by atoms with Gasteiger partial charge in [-0.25, -0.2) is 4.79 Å². The van der Waals surface area contributed by atoms with Crippen molar-refractivity contribution in [2.75, 3.05) is 14.2 Å². The van der Waals surface area contributed by atoms with Crippen molar-refractivity contribution in [2.24, 2.45) is 17.3 Å². The number of ether oxygens (including phenoxy) is 4. The van der Waals surface area contributed by atoms with E-state index in [9.17, 15) is 14.4 Å². The van der Waals surface area contributed by atoms with Crippen molar-refractivity contribution in [3.8, 4) is 0 Å². The molecule has 224 valence electrons. The van der Waals surface area contributed by atoms with Crippen LogP contribution in [0.15, 0.2) is 36.0 Å². The number of esters is 1. The monoisotopic (exact) mass is 560 g/mol. The van der Waals surface area contributed by atoms with E-state index in [1.54, 1.807) is 13.1 Å². The highest BCUT2D eigenvalue weighted by atomic mass is 16.6. The number of methoxy groups -OCH3 is 1. The molecule has 2 heterocycles. The van der Waals surface area contributed by atoms with Crippen molar-refractivity contribution in [3.63, 3.8) is 0 Å². The predicted molar refractivity (Wildman–Crippen MR) is 152 cm³/mol. The van der Waals surface area contributed by atoms with Gasteiger partial charge in [-0.1, -0.05) is 50.6 Å². The minimum Gasteiger partial charge on any atom is -0.469 e. The quantitative estimate of drug-likeness (QED) is 0.228. The van der Waals surface area contributed by atoms with Crippen molar-refractivity contribution < 1.29 is 33.3 Å². The summed E-state index contributed by atoms with van der Waals surface area (Å²) in [5.41, 5.74) is 0.869. The van der Waals surface area contributed by atoms with Gasteiger partial charge >= 0.3 is 12.1 Å². The number of hydrogen-bond donors (Lipinski definition) is 2. The van der Waals surface area contributed by atoms with Gasteiger partial charge in [-0.3, -0.25) is 9.59 Å². The topological polar surface area (TPSA) is 112 Å². The Balaban J connectivity index is 1.62. The van der Waals surface area contributed by atoms with Crippen LogP contribution in [0, 0.1) is 17.3 Å². The number of carbonyl (C=O) groups is 3. The molecule has 3 rings (SSSR count). The van der Waals surface area contributed by atoms with Crippen molar-refractivity contribution in [3.05, 3.63) is 36.0 Å². The first-order valence-corrected chi connectivity index (χ1v) is 14.6. The molecule has 0 aromatic carbocycles. The second-order valence-electron chi connectivity index (χ2n) is 12.0. The standard InChI is InChI=1S/C31H48N2O7/c1-19(2)8-13-27(34)33-24-16-21(4)25(38-22(24)5)11-9-20(3)10-12-26-29(40-30(36)32-6)31(14-15-31)18-23(39-26)17-28(35)37-7/h8-10,12-13,19,21-26,29H,11,14-18H2,1-7H3,(H,32,36)(H,33,34)/b12-10+,13-8-,20-9+/t21-,22+,23+,24+,25-,26+,29+/m0/s1. The highest BCUT2D eigenvalue weighted by molar-refractivity contribution is 5.87. The second kappa shape index (κ2) is 14.3. The zero-order valence-corrected chi connectivity index (χ0v) is 25.1. The number of nitrogens with one attached hydrogen (secondary N) is 2. The SMILES string of the molecule is CNC(=O)O[C@@H]1[C@@H](/C=C/C(C)=C/C[C@@H]2O[C@H](C)[C@H](NC(=O)/C=C\C(C)C)C[C@@H]2C)O[C@H](CC(=O)OC)CC12CC2. The number of amides is 2. The van der Waals surface area contributed by atoms with Gasteiger partial charge in [0.15, 0.2) is 0 Å². The van der Waals surface area contributed by atoms with Crippen molar-refractivity contribution in [2.45, 2.75) is 110 Å². The molecular weight excluding hydrogens is 512 g/mol. The molecule has 2 saturated heterocycles. The lowest BCUT2D eigenvalue weighted by Crippen LogP contribution is -2.50. The maximum atomic E-state index is 12.3. The van der Waals surface area contributed by atoms with E-state index >= 15 is 0 Å². The molecule has 9 nitrogen and oxygen atoms in total. The van der Waals surface area contributed by atoms with Gasteiger partial charge in [0.05, 0.1) is 37.9 Å². The van der Waals surface area contributed by atoms with Gasteiger partial charge in [-0.15, -0.1) is 0 Å². The Labute approximate surface area is 239 Å². The summed E-state index contributed by atoms with van der Waals surface area (Å²) >= 11 is 0. The van der Waals surface area contributed by atoms with Crippen LogP contribution in [0.3, 0.4) is 0 Å². The van der Waals surface area contributed by atoms with Crippen LogP contribution < -0.4 is 10.6 Å². The van der Waals surface area contributed by atoms with Gasteiger partial charge in [0.1, 0.15) is 12.2 Å². The summed E-state index contributed by atoms with van der Waals surface area (Å²) < 4.78 is 23.2. The third kappa shape index (κ3) is 8.93. The second-order valence-corrected chi connectivity index (χ2v) is 12.0. The minimum atomic E-state index is -0.486. The average molecular weight is 561 g/mol. The largest absolute Gasteiger partial charge is 0.469 e. The van der Waals surface area contributed by atoms with Gasteiger partial charge in [-0.05, 0) is 63.9 Å². The number of hydrogen-bond acceptors (Lipinski definition) is 7. The van der Waals surface area contributed by atoms with Crippen LogP contribution in [0.4, 0.5) is 4.79 Å². The van der Waals surface area contributed by atoms with E-state index in [2.05, 4.69) is 23.6 Å². The van der Waals surface area contributed by atoms with Gasteiger partial charge < -0.3 is 29.6 Å². The zero-order valence-electron chi connectivity index (χ0n) is 25.1. The Hall–Kier alpha value is -2.65. The number of alkyl carbamates (subject to hydrolysis) is 1. The van der Waals surface area contributed by atoms with Crippen LogP contribution in [0.1, 0.15) is 73.1 Å². The lowest BCUT2D eigenvalue weighted by molar-refractivity contribution is -0.158. The van der Waals surface area contributed by atoms with Crippen molar-refractivity contribution >= 4 is 18.0 Å². The average Bonchev–Trinajstić information content (AvgIpc) is 3.68. The molecule has 2 aliphatic heterocycles. The molecule has 1 saturated carbocycles. The molecule has 0 unspecified atom stereocenters. The van der Waals surface area contributed by atoms with Crippen LogP contribution in [0.25, 0.3) is 0 Å². The molecule has 40 heavy (non-hydrogen) atoms. The van der Waals surface area contributed by atoms with Gasteiger partial charge in [0.2, 0.25) is 5.91 Å². The predicted octanol–water partition coefficient (Wildman–Crippen LogP) is 4.61. The third-order valence-electron chi connectivity index (χ3n) is 8.24. The third-order valence-corrected chi connectivity index (χ3v) is 8.24. The van der Waals surface area contributed by atoms with Crippen LogP contribution >= 0.6 is 0 Å². The Bertz CT molecular complexity index is 984. The van der Waals surface area contributed by atoms with Gasteiger partial charge in [-0.2, -0.15) is 0 Å². The normalized spacial score (nSPS) is 31.9. The Morgan fingerprint density at radius 2 is 1.85 bits per heavy atom. The molecule has 0 aromatic rings. The van der Waals surface area contributed by atoms with E-state index < -0.39 is 18.3 Å². The molecule has 0 aromatic heterocycles. The molecule has 9 heteroatoms. The smallest absolute Gasteiger partial charge is 0.407 e. The minimum absolute atomic E-state index is 0.0195. The van der Waals surface area contributed by atoms with Gasteiger partial charge in [0.25, 0.3) is 0 Å². The fourth-order valence-electron chi connectivity index (χ4n) is 5.65. The zero-order chi connectivity index (χ0) is 29.4. The fourth-order valence-corrected chi connectivity index (χ4v) is 5.65. The summed E-state index contributed by atoms with van der Waals surface area (Å²) in [6, 6.07) is -0.0195. The fraction of sp³-hybridized carbons (Fsp3) is 0.710. The van der Waals surface area contributed by atoms with E-state index in [4.69, 9.17) is 18.9 Å². The summed E-state index contributed by atoms with van der Waals surface area (Å²) in [4.78, 5) is 36.3. The lowest BCUT2D eigenvalue weighted by atomic mass is 9.84. The molecule has 7 atom stereocenters. The maximum absolute atomic E-state index is 12.3. The molecule has 1 aliphatic carbocycles. The highest BCUT2D eigenvalue weighted by Gasteiger charge is 2.58. The molecule has 3 fully saturated rings. The van der Waals surface area contributed by atoms with Gasteiger partial charge in [0, 0.05) is 12.5 Å². The molecule has 0 bridgehead atoms. The lowest BCUT2D eigenvalue weighted by Gasteiger charge is -2.40.